The van der Waals surface area contributed by atoms with Crippen LogP contribution in [0.4, 0.5) is 0 Å². The standard InChI is InChI=1S/C32H37N7O2/c1-23(2)28-8-5-7-25(35-28)22-39-29-9-4-6-24(27(29)20-34-39)18-31(40)30-21-33-32-19-26(10-11-38(30)32)41-17-16-37-14-12-36(3)13-15-37/h4-11,19-21,23H,12-18,22H2,1-3H3. The number of piperazine rings is 1. The first kappa shape index (κ1) is 27.1. The maximum atomic E-state index is 13.4. The number of hydrogen-bond donors (Lipinski definition) is 0. The van der Waals surface area contributed by atoms with Crippen LogP contribution in [0.5, 0.6) is 5.75 Å². The molecule has 4 aromatic heterocycles. The minimum Gasteiger partial charge on any atom is -0.492 e. The lowest BCUT2D eigenvalue weighted by Crippen LogP contribution is -2.45. The van der Waals surface area contributed by atoms with Crippen molar-refractivity contribution in [2.24, 2.45) is 0 Å². The van der Waals surface area contributed by atoms with Gasteiger partial charge < -0.3 is 9.64 Å². The molecule has 41 heavy (non-hydrogen) atoms. The number of aromatic nitrogens is 5. The van der Waals surface area contributed by atoms with Crippen LogP contribution in [0.1, 0.15) is 47.2 Å². The number of ether oxygens (including phenoxy) is 1. The van der Waals surface area contributed by atoms with Crippen molar-refractivity contribution in [3.8, 4) is 5.75 Å². The summed E-state index contributed by atoms with van der Waals surface area (Å²) in [6.07, 6.45) is 5.64. The Bertz CT molecular complexity index is 1660. The van der Waals surface area contributed by atoms with E-state index in [1.54, 1.807) is 6.20 Å². The minimum absolute atomic E-state index is 0.00721. The van der Waals surface area contributed by atoms with Crippen LogP contribution < -0.4 is 4.74 Å². The predicted molar refractivity (Wildman–Crippen MR) is 160 cm³/mol. The first-order chi connectivity index (χ1) is 19.9. The van der Waals surface area contributed by atoms with Gasteiger partial charge in [-0.15, -0.1) is 0 Å². The summed E-state index contributed by atoms with van der Waals surface area (Å²) in [6.45, 7) is 10.7. The van der Waals surface area contributed by atoms with Gasteiger partial charge in [-0.25, -0.2) is 4.98 Å². The maximum Gasteiger partial charge on any atom is 0.185 e. The third kappa shape index (κ3) is 6.01. The van der Waals surface area contributed by atoms with Crippen LogP contribution in [-0.2, 0) is 13.0 Å². The molecule has 1 fully saturated rings. The molecule has 5 heterocycles. The van der Waals surface area contributed by atoms with Crippen molar-refractivity contribution in [3.63, 3.8) is 0 Å². The Labute approximate surface area is 240 Å². The molecule has 1 aromatic carbocycles. The van der Waals surface area contributed by atoms with Gasteiger partial charge in [0.05, 0.1) is 30.1 Å². The lowest BCUT2D eigenvalue weighted by atomic mass is 10.0. The number of Topliss-reactive ketones (excluding diaryl/α,β-unsaturated/α-hetero) is 1. The number of carbonyl (C=O) groups excluding carboxylic acids is 1. The van der Waals surface area contributed by atoms with Crippen LogP contribution >= 0.6 is 0 Å². The highest BCUT2D eigenvalue weighted by Gasteiger charge is 2.17. The van der Waals surface area contributed by atoms with Crippen LogP contribution in [0.15, 0.2) is 67.1 Å². The van der Waals surface area contributed by atoms with E-state index in [1.165, 1.54) is 0 Å². The van der Waals surface area contributed by atoms with Gasteiger partial charge in [-0.05, 0) is 42.8 Å². The van der Waals surface area contributed by atoms with Crippen LogP contribution in [0, 0.1) is 0 Å². The zero-order chi connectivity index (χ0) is 28.3. The Hall–Kier alpha value is -4.08. The molecule has 0 spiro atoms. The zero-order valence-corrected chi connectivity index (χ0v) is 24.0. The molecule has 1 aliphatic heterocycles. The molecule has 0 saturated carbocycles. The van der Waals surface area contributed by atoms with E-state index in [4.69, 9.17) is 9.72 Å². The van der Waals surface area contributed by atoms with E-state index in [2.05, 4.69) is 46.8 Å². The second-order valence-corrected chi connectivity index (χ2v) is 11.2. The minimum atomic E-state index is 0.00721. The fraction of sp³-hybridized carbons (Fsp3) is 0.375. The number of fused-ring (bicyclic) bond motifs is 2. The summed E-state index contributed by atoms with van der Waals surface area (Å²) in [4.78, 5) is 27.5. The van der Waals surface area contributed by atoms with Crippen molar-refractivity contribution in [2.75, 3.05) is 46.4 Å². The lowest BCUT2D eigenvalue weighted by Gasteiger charge is -2.32. The van der Waals surface area contributed by atoms with Crippen molar-refractivity contribution in [1.29, 1.82) is 0 Å². The summed E-state index contributed by atoms with van der Waals surface area (Å²) in [6, 6.07) is 16.0. The van der Waals surface area contributed by atoms with E-state index in [0.29, 0.717) is 30.4 Å². The molecule has 0 aliphatic carbocycles. The summed E-state index contributed by atoms with van der Waals surface area (Å²) in [5.41, 5.74) is 5.24. The Morgan fingerprint density at radius 3 is 2.68 bits per heavy atom. The normalized spacial score (nSPS) is 14.8. The molecule has 0 atom stereocenters. The van der Waals surface area contributed by atoms with E-state index in [0.717, 1.165) is 66.3 Å². The van der Waals surface area contributed by atoms with Crippen LogP contribution in [0.25, 0.3) is 16.6 Å². The largest absolute Gasteiger partial charge is 0.492 e. The molecule has 0 bridgehead atoms. The first-order valence-electron chi connectivity index (χ1n) is 14.4. The molecule has 0 radical (unpaired) electrons. The SMILES string of the molecule is CC(C)c1cccc(Cn2ncc3c(CC(=O)c4cnc5cc(OCCN6CCN(C)CC6)ccn45)cccc32)n1. The molecule has 0 N–H and O–H groups in total. The molecule has 0 amide bonds. The van der Waals surface area contributed by atoms with Crippen molar-refractivity contribution >= 4 is 22.3 Å². The quantitative estimate of drug-likeness (QED) is 0.239. The third-order valence-corrected chi connectivity index (χ3v) is 7.90. The zero-order valence-electron chi connectivity index (χ0n) is 24.0. The third-order valence-electron chi connectivity index (χ3n) is 7.90. The predicted octanol–water partition coefficient (Wildman–Crippen LogP) is 4.30. The van der Waals surface area contributed by atoms with Crippen molar-refractivity contribution in [3.05, 3.63) is 89.8 Å². The number of carbonyl (C=O) groups is 1. The number of hydrogen-bond acceptors (Lipinski definition) is 7. The van der Waals surface area contributed by atoms with E-state index in [9.17, 15) is 4.79 Å². The number of likely N-dealkylation sites (N-methyl/N-ethyl adjacent to an activating group) is 1. The summed E-state index contributed by atoms with van der Waals surface area (Å²) < 4.78 is 9.81. The Kier molecular flexibility index (Phi) is 7.80. The molecule has 1 aliphatic rings. The molecule has 9 heteroatoms. The molecular weight excluding hydrogens is 514 g/mol. The average Bonchev–Trinajstić information content (AvgIpc) is 3.59. The molecule has 9 nitrogen and oxygen atoms in total. The first-order valence-corrected chi connectivity index (χ1v) is 14.4. The number of nitrogens with zero attached hydrogens (tertiary/aromatic N) is 7. The van der Waals surface area contributed by atoms with Crippen molar-refractivity contribution in [2.45, 2.75) is 32.7 Å². The fourth-order valence-electron chi connectivity index (χ4n) is 5.39. The molecule has 5 aromatic rings. The summed E-state index contributed by atoms with van der Waals surface area (Å²) in [7, 11) is 2.16. The molecule has 1 saturated heterocycles. The van der Waals surface area contributed by atoms with Gasteiger partial charge in [0.25, 0.3) is 0 Å². The van der Waals surface area contributed by atoms with Gasteiger partial charge in [0.15, 0.2) is 5.78 Å². The van der Waals surface area contributed by atoms with Crippen LogP contribution in [0.3, 0.4) is 0 Å². The molecular formula is C32H37N7O2. The van der Waals surface area contributed by atoms with Gasteiger partial charge in [0.1, 0.15) is 23.7 Å². The second-order valence-electron chi connectivity index (χ2n) is 11.2. The van der Waals surface area contributed by atoms with Gasteiger partial charge >= 0.3 is 0 Å². The topological polar surface area (TPSA) is 80.8 Å². The number of ketones is 1. The van der Waals surface area contributed by atoms with Crippen LogP contribution in [0.2, 0.25) is 0 Å². The van der Waals surface area contributed by atoms with E-state index in [1.807, 2.05) is 63.9 Å². The molecule has 212 valence electrons. The van der Waals surface area contributed by atoms with Gasteiger partial charge in [-0.1, -0.05) is 32.0 Å². The van der Waals surface area contributed by atoms with Gasteiger partial charge in [0.2, 0.25) is 0 Å². The van der Waals surface area contributed by atoms with E-state index in [-0.39, 0.29) is 12.2 Å². The molecule has 0 unspecified atom stereocenters. The summed E-state index contributed by atoms with van der Waals surface area (Å²) >= 11 is 0. The van der Waals surface area contributed by atoms with Gasteiger partial charge in [-0.3, -0.25) is 23.8 Å². The van der Waals surface area contributed by atoms with Gasteiger partial charge in [0, 0.05) is 62.5 Å². The summed E-state index contributed by atoms with van der Waals surface area (Å²) in [5, 5.41) is 5.62. The number of imidazole rings is 1. The Morgan fingerprint density at radius 2 is 1.85 bits per heavy atom. The lowest BCUT2D eigenvalue weighted by molar-refractivity contribution is 0.0987. The maximum absolute atomic E-state index is 13.4. The number of rotatable bonds is 10. The summed E-state index contributed by atoms with van der Waals surface area (Å²) in [5.74, 6) is 1.14. The average molecular weight is 552 g/mol. The van der Waals surface area contributed by atoms with E-state index >= 15 is 0 Å². The van der Waals surface area contributed by atoms with Crippen molar-refractivity contribution in [1.82, 2.24) is 33.9 Å². The fourth-order valence-corrected chi connectivity index (χ4v) is 5.39. The van der Waals surface area contributed by atoms with Crippen LogP contribution in [-0.4, -0.2) is 86.1 Å². The molecule has 6 rings (SSSR count). The Morgan fingerprint density at radius 1 is 1.02 bits per heavy atom. The highest BCUT2D eigenvalue weighted by atomic mass is 16.5. The van der Waals surface area contributed by atoms with Gasteiger partial charge in [-0.2, -0.15) is 5.10 Å². The smallest absolute Gasteiger partial charge is 0.185 e. The number of pyridine rings is 2. The Balaban J connectivity index is 1.13. The number of benzene rings is 1. The monoisotopic (exact) mass is 551 g/mol. The highest BCUT2D eigenvalue weighted by Crippen LogP contribution is 2.23. The second kappa shape index (κ2) is 11.8. The van der Waals surface area contributed by atoms with E-state index < -0.39 is 0 Å². The van der Waals surface area contributed by atoms with Crippen molar-refractivity contribution < 1.29 is 9.53 Å². The highest BCUT2D eigenvalue weighted by molar-refractivity contribution is 5.99.